The fourth-order valence-electron chi connectivity index (χ4n) is 2.33. The van der Waals surface area contributed by atoms with Gasteiger partial charge < -0.3 is 16.0 Å². The Morgan fingerprint density at radius 1 is 1.60 bits per heavy atom. The van der Waals surface area contributed by atoms with Crippen LogP contribution in [0.5, 0.6) is 0 Å². The first-order chi connectivity index (χ1) is 12.1. The Bertz CT molecular complexity index is 572. The molecule has 1 aromatic rings. The fraction of sp³-hybridized carbons (Fsp3) is 0.562. The number of nitrogens with zero attached hydrogens (tertiary/aromatic N) is 3. The molecule has 1 heterocycles. The molecule has 0 saturated heterocycles. The van der Waals surface area contributed by atoms with Gasteiger partial charge in [-0.3, -0.25) is 15.1 Å². The summed E-state index contributed by atoms with van der Waals surface area (Å²) in [7, 11) is 1.51. The number of unbranched alkanes of at least 4 members (excludes halogenated alkanes) is 1. The lowest BCUT2D eigenvalue weighted by atomic mass is 9.91. The molecule has 25 heavy (non-hydrogen) atoms. The van der Waals surface area contributed by atoms with Crippen molar-refractivity contribution in [1.29, 1.82) is 5.26 Å². The largest absolute Gasteiger partial charge is 0.353 e. The van der Waals surface area contributed by atoms with E-state index in [4.69, 9.17) is 15.8 Å². The molecule has 1 atom stereocenters. The first kappa shape index (κ1) is 20.9. The van der Waals surface area contributed by atoms with E-state index < -0.39 is 5.54 Å². The predicted molar refractivity (Wildman–Crippen MR) is 98.4 cm³/mol. The van der Waals surface area contributed by atoms with Gasteiger partial charge in [0.25, 0.3) is 0 Å². The van der Waals surface area contributed by atoms with Gasteiger partial charge in [0.1, 0.15) is 5.54 Å². The molecule has 8 nitrogen and oxygen atoms in total. The van der Waals surface area contributed by atoms with Gasteiger partial charge in [0, 0.05) is 30.5 Å². The standard InChI is InChI=1S/C16H26N6O2S/c1-16(6-3-4-7-17,14(23)19-9-5-8-18)22(12-10-21-24-2)15-20-11-13-25-15/h10-13,21H,3-7,9,17H2,1-2H3,(H,19,23)/t16-/m0/s1. The Kier molecular flexibility index (Phi) is 9.54. The van der Waals surface area contributed by atoms with Crippen molar-refractivity contribution in [3.05, 3.63) is 24.0 Å². The Morgan fingerprint density at radius 3 is 3.00 bits per heavy atom. The van der Waals surface area contributed by atoms with Crippen LogP contribution in [0.4, 0.5) is 5.13 Å². The molecule has 138 valence electrons. The smallest absolute Gasteiger partial charge is 0.246 e. The van der Waals surface area contributed by atoms with Crippen LogP contribution in [0.2, 0.25) is 0 Å². The van der Waals surface area contributed by atoms with Gasteiger partial charge in [0.05, 0.1) is 19.6 Å². The van der Waals surface area contributed by atoms with Crippen molar-refractivity contribution in [2.75, 3.05) is 25.1 Å². The van der Waals surface area contributed by atoms with E-state index in [2.05, 4.69) is 15.8 Å². The van der Waals surface area contributed by atoms with Crippen molar-refractivity contribution in [1.82, 2.24) is 15.8 Å². The highest BCUT2D eigenvalue weighted by molar-refractivity contribution is 7.13. The molecule has 0 aliphatic heterocycles. The Hall–Kier alpha value is -2.15. The highest BCUT2D eigenvalue weighted by Crippen LogP contribution is 2.31. The third-order valence-corrected chi connectivity index (χ3v) is 4.47. The van der Waals surface area contributed by atoms with E-state index >= 15 is 0 Å². The summed E-state index contributed by atoms with van der Waals surface area (Å²) in [5.41, 5.74) is 7.36. The monoisotopic (exact) mass is 366 g/mol. The number of hydroxylamine groups is 1. The average molecular weight is 366 g/mol. The minimum atomic E-state index is -0.867. The quantitative estimate of drug-likeness (QED) is 0.379. The van der Waals surface area contributed by atoms with Crippen LogP contribution in [0, 0.1) is 11.3 Å². The Balaban J connectivity index is 3.09. The van der Waals surface area contributed by atoms with Gasteiger partial charge in [-0.25, -0.2) is 4.98 Å². The Morgan fingerprint density at radius 2 is 2.40 bits per heavy atom. The maximum absolute atomic E-state index is 12.9. The molecular weight excluding hydrogens is 340 g/mol. The normalized spacial score (nSPS) is 13.2. The zero-order chi connectivity index (χ0) is 18.5. The second kappa shape index (κ2) is 11.4. The summed E-state index contributed by atoms with van der Waals surface area (Å²) in [4.78, 5) is 23.9. The number of nitrogens with one attached hydrogen (secondary N) is 2. The molecule has 1 rings (SSSR count). The maximum atomic E-state index is 12.9. The van der Waals surface area contributed by atoms with Crippen LogP contribution in [0.3, 0.4) is 0 Å². The first-order valence-electron chi connectivity index (χ1n) is 8.09. The zero-order valence-electron chi connectivity index (χ0n) is 14.7. The molecule has 1 amide bonds. The topological polar surface area (TPSA) is 116 Å². The minimum absolute atomic E-state index is 0.156. The van der Waals surface area contributed by atoms with Gasteiger partial charge in [0.2, 0.25) is 5.91 Å². The van der Waals surface area contributed by atoms with Gasteiger partial charge in [-0.1, -0.05) is 0 Å². The van der Waals surface area contributed by atoms with Crippen molar-refractivity contribution in [3.8, 4) is 6.07 Å². The number of aromatic nitrogens is 1. The molecular formula is C16H26N6O2S. The number of thiazole rings is 1. The van der Waals surface area contributed by atoms with E-state index in [0.717, 1.165) is 12.8 Å². The number of anilines is 1. The number of carbonyl (C=O) groups excluding carboxylic acids is 1. The molecule has 0 unspecified atom stereocenters. The number of nitriles is 1. The number of hydrogen-bond acceptors (Lipinski definition) is 8. The lowest BCUT2D eigenvalue weighted by molar-refractivity contribution is -0.125. The number of carbonyl (C=O) groups is 1. The predicted octanol–water partition coefficient (Wildman–Crippen LogP) is 1.49. The molecule has 0 radical (unpaired) electrons. The van der Waals surface area contributed by atoms with E-state index in [1.54, 1.807) is 18.6 Å². The van der Waals surface area contributed by atoms with Gasteiger partial charge >= 0.3 is 0 Å². The van der Waals surface area contributed by atoms with Crippen LogP contribution in [-0.2, 0) is 9.63 Å². The number of hydrogen-bond donors (Lipinski definition) is 3. The van der Waals surface area contributed by atoms with Crippen LogP contribution in [0.25, 0.3) is 0 Å². The first-order valence-corrected chi connectivity index (χ1v) is 8.97. The molecule has 0 saturated carbocycles. The lowest BCUT2D eigenvalue weighted by Crippen LogP contribution is -2.55. The summed E-state index contributed by atoms with van der Waals surface area (Å²) in [6.45, 7) is 2.75. The highest BCUT2D eigenvalue weighted by atomic mass is 32.1. The van der Waals surface area contributed by atoms with E-state index in [9.17, 15) is 4.79 Å². The summed E-state index contributed by atoms with van der Waals surface area (Å²) in [5.74, 6) is -0.156. The van der Waals surface area contributed by atoms with Crippen LogP contribution in [0.1, 0.15) is 32.6 Å². The van der Waals surface area contributed by atoms with Crippen molar-refractivity contribution >= 4 is 22.4 Å². The highest BCUT2D eigenvalue weighted by Gasteiger charge is 2.39. The van der Waals surface area contributed by atoms with E-state index in [-0.39, 0.29) is 12.3 Å². The second-order valence-corrected chi connectivity index (χ2v) is 6.38. The molecule has 0 aliphatic rings. The summed E-state index contributed by atoms with van der Waals surface area (Å²) in [6.07, 6.45) is 7.51. The van der Waals surface area contributed by atoms with E-state index in [1.807, 2.05) is 23.3 Å². The zero-order valence-corrected chi connectivity index (χ0v) is 15.5. The van der Waals surface area contributed by atoms with Crippen LogP contribution in [-0.4, -0.2) is 36.6 Å². The van der Waals surface area contributed by atoms with Gasteiger partial charge in [0.15, 0.2) is 5.13 Å². The lowest BCUT2D eigenvalue weighted by Gasteiger charge is -2.38. The molecule has 1 aromatic heterocycles. The summed E-state index contributed by atoms with van der Waals surface area (Å²) in [5, 5.41) is 14.1. The van der Waals surface area contributed by atoms with Gasteiger partial charge in [-0.15, -0.1) is 11.3 Å². The molecule has 0 aromatic carbocycles. The van der Waals surface area contributed by atoms with Crippen molar-refractivity contribution in [2.45, 2.75) is 38.1 Å². The summed E-state index contributed by atoms with van der Waals surface area (Å²) >= 11 is 1.44. The third-order valence-electron chi connectivity index (χ3n) is 3.70. The van der Waals surface area contributed by atoms with E-state index in [0.29, 0.717) is 24.6 Å². The average Bonchev–Trinajstić information content (AvgIpc) is 3.13. The fourth-order valence-corrected chi connectivity index (χ4v) is 3.07. The number of rotatable bonds is 12. The Labute approximate surface area is 152 Å². The third kappa shape index (κ3) is 6.34. The molecule has 0 spiro atoms. The summed E-state index contributed by atoms with van der Waals surface area (Å²) in [6, 6.07) is 2.03. The SMILES string of the molecule is CONC=CN(c1nccs1)[C@@](C)(CCCCN)C(=O)NCCC#N. The van der Waals surface area contributed by atoms with Crippen molar-refractivity contribution in [2.24, 2.45) is 5.73 Å². The van der Waals surface area contributed by atoms with Crippen molar-refractivity contribution in [3.63, 3.8) is 0 Å². The number of nitrogens with two attached hydrogens (primary N) is 1. The van der Waals surface area contributed by atoms with Gasteiger partial charge in [-0.05, 0) is 32.7 Å². The van der Waals surface area contributed by atoms with Gasteiger partial charge in [-0.2, -0.15) is 5.26 Å². The van der Waals surface area contributed by atoms with Crippen molar-refractivity contribution < 1.29 is 9.63 Å². The molecule has 0 bridgehead atoms. The second-order valence-electron chi connectivity index (χ2n) is 5.51. The minimum Gasteiger partial charge on any atom is -0.353 e. The molecule has 9 heteroatoms. The van der Waals surface area contributed by atoms with Crippen LogP contribution < -0.4 is 21.4 Å². The summed E-state index contributed by atoms with van der Waals surface area (Å²) < 4.78 is 0. The number of amides is 1. The maximum Gasteiger partial charge on any atom is 0.246 e. The van der Waals surface area contributed by atoms with Crippen LogP contribution >= 0.6 is 11.3 Å². The molecule has 0 aliphatic carbocycles. The van der Waals surface area contributed by atoms with Crippen LogP contribution in [0.15, 0.2) is 24.0 Å². The van der Waals surface area contributed by atoms with E-state index in [1.165, 1.54) is 18.4 Å². The molecule has 0 fully saturated rings. The molecule has 4 N–H and O–H groups in total.